The van der Waals surface area contributed by atoms with Crippen LogP contribution < -0.4 is 15.9 Å². The Morgan fingerprint density at radius 1 is 1.23 bits per heavy atom. The lowest BCUT2D eigenvalue weighted by molar-refractivity contribution is 0.416. The van der Waals surface area contributed by atoms with Crippen LogP contribution in [0.15, 0.2) is 53.5 Å². The zero-order valence-corrected chi connectivity index (χ0v) is 13.7. The van der Waals surface area contributed by atoms with Gasteiger partial charge in [0.25, 0.3) is 0 Å². The number of aromatic hydroxyl groups is 1. The van der Waals surface area contributed by atoms with Crippen molar-refractivity contribution in [1.82, 2.24) is 4.57 Å². The van der Waals surface area contributed by atoms with Crippen LogP contribution in [0.2, 0.25) is 0 Å². The summed E-state index contributed by atoms with van der Waals surface area (Å²) in [6.45, 7) is 0. The molecule has 130 valence electrons. The van der Waals surface area contributed by atoms with E-state index in [1.165, 1.54) is 30.0 Å². The van der Waals surface area contributed by atoms with Gasteiger partial charge in [0.2, 0.25) is 5.43 Å². The van der Waals surface area contributed by atoms with Crippen molar-refractivity contribution in [1.29, 1.82) is 5.26 Å². The van der Waals surface area contributed by atoms with Gasteiger partial charge in [-0.2, -0.15) is 5.26 Å². The van der Waals surface area contributed by atoms with Gasteiger partial charge in [-0.05, 0) is 24.3 Å². The molecule has 0 radical (unpaired) electrons. The Kier molecular flexibility index (Phi) is 4.33. The molecule has 3 N–H and O–H groups in total. The Balaban J connectivity index is 2.26. The lowest BCUT2D eigenvalue weighted by Gasteiger charge is -2.15. The number of methoxy groups -OCH3 is 1. The predicted octanol–water partition coefficient (Wildman–Crippen LogP) is 2.81. The summed E-state index contributed by atoms with van der Waals surface area (Å²) in [4.78, 5) is 11.5. The van der Waals surface area contributed by atoms with E-state index in [0.717, 1.165) is 6.07 Å². The first-order chi connectivity index (χ1) is 12.5. The molecule has 3 rings (SSSR count). The third-order valence-corrected chi connectivity index (χ3v) is 3.93. The summed E-state index contributed by atoms with van der Waals surface area (Å²) in [5, 5.41) is 18.7. The fourth-order valence-electron chi connectivity index (χ4n) is 2.64. The SMILES string of the molecule is COc1ccc(-n2cc(O)c(=O)cc2N)cc1-c1cccc(C#N)c1F. The molecule has 1 heterocycles. The number of anilines is 1. The molecule has 0 aliphatic rings. The molecule has 0 unspecified atom stereocenters. The summed E-state index contributed by atoms with van der Waals surface area (Å²) in [6.07, 6.45) is 1.19. The highest BCUT2D eigenvalue weighted by atomic mass is 19.1. The molecule has 0 saturated carbocycles. The Morgan fingerprint density at radius 3 is 2.69 bits per heavy atom. The third kappa shape index (κ3) is 2.84. The van der Waals surface area contributed by atoms with E-state index in [4.69, 9.17) is 15.7 Å². The minimum absolute atomic E-state index is 0.0875. The lowest BCUT2D eigenvalue weighted by atomic mass is 10.0. The van der Waals surface area contributed by atoms with Gasteiger partial charge in [0.15, 0.2) is 5.75 Å². The normalized spacial score (nSPS) is 10.3. The van der Waals surface area contributed by atoms with E-state index in [0.29, 0.717) is 17.0 Å². The number of ether oxygens (including phenoxy) is 1. The van der Waals surface area contributed by atoms with Crippen molar-refractivity contribution < 1.29 is 14.2 Å². The number of nitriles is 1. The maximum atomic E-state index is 14.6. The number of hydrogen-bond acceptors (Lipinski definition) is 5. The smallest absolute Gasteiger partial charge is 0.225 e. The molecule has 0 aliphatic carbocycles. The highest BCUT2D eigenvalue weighted by Crippen LogP contribution is 2.35. The van der Waals surface area contributed by atoms with Crippen molar-refractivity contribution in [2.75, 3.05) is 12.8 Å². The summed E-state index contributed by atoms with van der Waals surface area (Å²) in [5.41, 5.74) is 6.24. The molecular weight excluding hydrogens is 337 g/mol. The number of pyridine rings is 1. The second-order valence-electron chi connectivity index (χ2n) is 5.48. The molecule has 0 fully saturated rings. The number of nitrogens with zero attached hydrogens (tertiary/aromatic N) is 2. The maximum absolute atomic E-state index is 14.6. The van der Waals surface area contributed by atoms with Gasteiger partial charge in [-0.25, -0.2) is 4.39 Å². The first kappa shape index (κ1) is 17.0. The van der Waals surface area contributed by atoms with Crippen molar-refractivity contribution in [2.24, 2.45) is 0 Å². The summed E-state index contributed by atoms with van der Waals surface area (Å²) in [5.74, 6) is -0.628. The standard InChI is InChI=1S/C19H14FN3O3/c1-26-17-6-5-12(23-10-16(25)15(24)8-18(23)22)7-14(17)13-4-2-3-11(9-21)19(13)20/h2-8,10,25H,22H2,1H3. The zero-order chi connectivity index (χ0) is 18.8. The van der Waals surface area contributed by atoms with Gasteiger partial charge < -0.3 is 15.6 Å². The van der Waals surface area contributed by atoms with Crippen LogP contribution in [0.25, 0.3) is 16.8 Å². The van der Waals surface area contributed by atoms with Crippen LogP contribution in [0.3, 0.4) is 0 Å². The average molecular weight is 351 g/mol. The van der Waals surface area contributed by atoms with Crippen LogP contribution in [0.1, 0.15) is 5.56 Å². The Bertz CT molecular complexity index is 1100. The molecular formula is C19H14FN3O3. The Labute approximate surface area is 148 Å². The molecule has 3 aromatic rings. The Morgan fingerprint density at radius 2 is 2.00 bits per heavy atom. The van der Waals surface area contributed by atoms with E-state index in [-0.39, 0.29) is 16.9 Å². The molecule has 26 heavy (non-hydrogen) atoms. The van der Waals surface area contributed by atoms with E-state index in [9.17, 15) is 14.3 Å². The number of nitrogen functional groups attached to an aromatic ring is 1. The summed E-state index contributed by atoms with van der Waals surface area (Å²) < 4.78 is 21.3. The predicted molar refractivity (Wildman–Crippen MR) is 94.8 cm³/mol. The fraction of sp³-hybridized carbons (Fsp3) is 0.0526. The fourth-order valence-corrected chi connectivity index (χ4v) is 2.64. The maximum Gasteiger partial charge on any atom is 0.225 e. The van der Waals surface area contributed by atoms with Crippen molar-refractivity contribution in [3.05, 3.63) is 70.3 Å². The molecule has 0 amide bonds. The second-order valence-corrected chi connectivity index (χ2v) is 5.48. The minimum atomic E-state index is -0.666. The number of halogens is 1. The van der Waals surface area contributed by atoms with Gasteiger partial charge in [0.1, 0.15) is 23.5 Å². The number of aromatic nitrogens is 1. The molecule has 0 atom stereocenters. The van der Waals surface area contributed by atoms with Crippen LogP contribution in [0.5, 0.6) is 11.5 Å². The van der Waals surface area contributed by atoms with E-state index in [1.54, 1.807) is 30.3 Å². The molecule has 7 heteroatoms. The molecule has 0 saturated heterocycles. The molecule has 0 spiro atoms. The van der Waals surface area contributed by atoms with Crippen molar-refractivity contribution in [3.8, 4) is 34.4 Å². The van der Waals surface area contributed by atoms with Gasteiger partial charge >= 0.3 is 0 Å². The van der Waals surface area contributed by atoms with Crippen molar-refractivity contribution >= 4 is 5.82 Å². The minimum Gasteiger partial charge on any atom is -0.503 e. The highest BCUT2D eigenvalue weighted by molar-refractivity contribution is 5.75. The van der Waals surface area contributed by atoms with E-state index >= 15 is 0 Å². The number of benzene rings is 2. The van der Waals surface area contributed by atoms with Gasteiger partial charge in [-0.15, -0.1) is 0 Å². The van der Waals surface area contributed by atoms with Crippen LogP contribution in [0, 0.1) is 17.1 Å². The molecule has 1 aromatic heterocycles. The van der Waals surface area contributed by atoms with Gasteiger partial charge in [-0.1, -0.05) is 12.1 Å². The second kappa shape index (κ2) is 6.61. The first-order valence-corrected chi connectivity index (χ1v) is 7.54. The van der Waals surface area contributed by atoms with Gasteiger partial charge in [0, 0.05) is 22.9 Å². The summed E-state index contributed by atoms with van der Waals surface area (Å²) in [6, 6.07) is 12.2. The largest absolute Gasteiger partial charge is 0.503 e. The third-order valence-electron chi connectivity index (χ3n) is 3.93. The van der Waals surface area contributed by atoms with Crippen LogP contribution in [-0.4, -0.2) is 16.8 Å². The van der Waals surface area contributed by atoms with Crippen LogP contribution in [-0.2, 0) is 0 Å². The first-order valence-electron chi connectivity index (χ1n) is 7.54. The molecule has 6 nitrogen and oxygen atoms in total. The molecule has 2 aromatic carbocycles. The van der Waals surface area contributed by atoms with Crippen molar-refractivity contribution in [2.45, 2.75) is 0 Å². The quantitative estimate of drug-likeness (QED) is 0.755. The zero-order valence-electron chi connectivity index (χ0n) is 13.7. The topological polar surface area (TPSA) is 101 Å². The van der Waals surface area contributed by atoms with E-state index < -0.39 is 17.0 Å². The number of nitrogens with two attached hydrogens (primary N) is 1. The van der Waals surface area contributed by atoms with E-state index in [1.807, 2.05) is 0 Å². The number of hydrogen-bond donors (Lipinski definition) is 2. The number of rotatable bonds is 3. The molecule has 0 aliphatic heterocycles. The van der Waals surface area contributed by atoms with E-state index in [2.05, 4.69) is 0 Å². The average Bonchev–Trinajstić information content (AvgIpc) is 2.64. The monoisotopic (exact) mass is 351 g/mol. The summed E-state index contributed by atoms with van der Waals surface area (Å²) >= 11 is 0. The van der Waals surface area contributed by atoms with Gasteiger partial charge in [-0.3, -0.25) is 9.36 Å². The van der Waals surface area contributed by atoms with Crippen LogP contribution in [0.4, 0.5) is 10.2 Å². The molecule has 0 bridgehead atoms. The van der Waals surface area contributed by atoms with Crippen LogP contribution >= 0.6 is 0 Å². The lowest BCUT2D eigenvalue weighted by Crippen LogP contribution is -2.10. The Hall–Kier alpha value is -3.79. The van der Waals surface area contributed by atoms with Crippen molar-refractivity contribution in [3.63, 3.8) is 0 Å². The van der Waals surface area contributed by atoms with Gasteiger partial charge in [0.05, 0.1) is 18.9 Å². The highest BCUT2D eigenvalue weighted by Gasteiger charge is 2.15. The summed E-state index contributed by atoms with van der Waals surface area (Å²) in [7, 11) is 1.45.